The molecule has 5 nitrogen and oxygen atoms in total. The number of nitrogens with zero attached hydrogens (tertiary/aromatic N) is 3. The lowest BCUT2D eigenvalue weighted by molar-refractivity contribution is -0.131. The van der Waals surface area contributed by atoms with Crippen LogP contribution in [0.15, 0.2) is 64.9 Å². The van der Waals surface area contributed by atoms with Gasteiger partial charge in [-0.25, -0.2) is 4.98 Å². The number of hydrogen-bond donors (Lipinski definition) is 0. The summed E-state index contributed by atoms with van der Waals surface area (Å²) in [7, 11) is 1.83. The van der Waals surface area contributed by atoms with E-state index in [1.54, 1.807) is 28.0 Å². The fraction of sp³-hybridized carbons (Fsp3) is 0.370. The predicted molar refractivity (Wildman–Crippen MR) is 140 cm³/mol. The summed E-state index contributed by atoms with van der Waals surface area (Å²) in [5.41, 5.74) is 2.67. The number of carbonyl (C=O) groups excluding carboxylic acids is 2. The lowest BCUT2D eigenvalue weighted by atomic mass is 9.97. The highest BCUT2D eigenvalue weighted by Crippen LogP contribution is 2.31. The first-order valence-corrected chi connectivity index (χ1v) is 13.7. The summed E-state index contributed by atoms with van der Waals surface area (Å²) < 4.78 is 0. The average molecular weight is 494 g/mol. The maximum absolute atomic E-state index is 13.0. The van der Waals surface area contributed by atoms with E-state index in [-0.39, 0.29) is 17.9 Å². The van der Waals surface area contributed by atoms with E-state index in [0.717, 1.165) is 42.1 Å². The number of rotatable bonds is 7. The van der Waals surface area contributed by atoms with E-state index in [2.05, 4.69) is 18.4 Å². The van der Waals surface area contributed by atoms with Gasteiger partial charge in [0.25, 0.3) is 5.91 Å². The summed E-state index contributed by atoms with van der Waals surface area (Å²) >= 11 is 3.26. The Morgan fingerprint density at radius 3 is 2.44 bits per heavy atom. The number of carbonyl (C=O) groups is 2. The minimum absolute atomic E-state index is 0.0231. The molecule has 0 spiro atoms. The van der Waals surface area contributed by atoms with Gasteiger partial charge in [0.05, 0.1) is 17.5 Å². The third-order valence-corrected chi connectivity index (χ3v) is 8.39. The number of benzene rings is 2. The van der Waals surface area contributed by atoms with Gasteiger partial charge < -0.3 is 9.80 Å². The largest absolute Gasteiger partial charge is 0.342 e. The van der Waals surface area contributed by atoms with Gasteiger partial charge in [-0.15, -0.1) is 23.1 Å². The normalized spacial score (nSPS) is 15.2. The topological polar surface area (TPSA) is 53.5 Å². The highest BCUT2D eigenvalue weighted by atomic mass is 32.2. The first-order chi connectivity index (χ1) is 16.5. The summed E-state index contributed by atoms with van der Waals surface area (Å²) in [4.78, 5) is 35.4. The summed E-state index contributed by atoms with van der Waals surface area (Å²) in [6.45, 7) is 3.50. The third-order valence-electron chi connectivity index (χ3n) is 6.64. The standard InChI is InChI=1S/C27H31N3O2S2/c1-19(21-7-5-4-6-8-21)29(2)27(32)24-18-34-26(28-24)22-13-15-30(16-14-22)25(31)17-20-9-11-23(33-3)12-10-20/h4-12,18-19,22H,13-17H2,1-3H3. The van der Waals surface area contributed by atoms with Gasteiger partial charge in [-0.2, -0.15) is 0 Å². The molecule has 7 heteroatoms. The van der Waals surface area contributed by atoms with Gasteiger partial charge in [-0.1, -0.05) is 42.5 Å². The van der Waals surface area contributed by atoms with Gasteiger partial charge in [0.1, 0.15) is 5.69 Å². The van der Waals surface area contributed by atoms with Crippen molar-refractivity contribution in [3.8, 4) is 0 Å². The number of hydrogen-bond acceptors (Lipinski definition) is 5. The molecule has 0 aliphatic carbocycles. The number of piperidine rings is 1. The SMILES string of the molecule is CSc1ccc(CC(=O)N2CCC(c3nc(C(=O)N(C)C(C)c4ccccc4)cs3)CC2)cc1. The Labute approximate surface area is 210 Å². The second kappa shape index (κ2) is 11.2. The van der Waals surface area contributed by atoms with Crippen molar-refractivity contribution < 1.29 is 9.59 Å². The Hall–Kier alpha value is -2.64. The minimum Gasteiger partial charge on any atom is -0.342 e. The van der Waals surface area contributed by atoms with Crippen LogP contribution >= 0.6 is 23.1 Å². The van der Waals surface area contributed by atoms with Crippen LogP contribution in [-0.2, 0) is 11.2 Å². The quantitative estimate of drug-likeness (QED) is 0.399. The second-order valence-electron chi connectivity index (χ2n) is 8.75. The van der Waals surface area contributed by atoms with E-state index in [9.17, 15) is 9.59 Å². The molecule has 1 fully saturated rings. The zero-order valence-corrected chi connectivity index (χ0v) is 21.6. The van der Waals surface area contributed by atoms with Crippen LogP contribution in [0.5, 0.6) is 0 Å². The Balaban J connectivity index is 1.31. The van der Waals surface area contributed by atoms with Crippen molar-refractivity contribution in [1.82, 2.24) is 14.8 Å². The van der Waals surface area contributed by atoms with Crippen LogP contribution in [0.2, 0.25) is 0 Å². The molecule has 1 aromatic heterocycles. The number of aromatic nitrogens is 1. The van der Waals surface area contributed by atoms with Crippen molar-refractivity contribution in [1.29, 1.82) is 0 Å². The molecule has 1 aliphatic heterocycles. The lowest BCUT2D eigenvalue weighted by Crippen LogP contribution is -2.38. The highest BCUT2D eigenvalue weighted by Gasteiger charge is 2.27. The van der Waals surface area contributed by atoms with Crippen LogP contribution in [0, 0.1) is 0 Å². The molecule has 0 N–H and O–H groups in total. The molecule has 1 unspecified atom stereocenters. The molecule has 0 bridgehead atoms. The van der Waals surface area contributed by atoms with E-state index >= 15 is 0 Å². The molecule has 2 amide bonds. The first kappa shape index (κ1) is 24.5. The fourth-order valence-corrected chi connectivity index (χ4v) is 5.66. The molecule has 2 heterocycles. The number of thioether (sulfide) groups is 1. The summed E-state index contributed by atoms with van der Waals surface area (Å²) in [6.07, 6.45) is 4.26. The van der Waals surface area contributed by atoms with Crippen molar-refractivity contribution in [3.05, 3.63) is 81.8 Å². The predicted octanol–water partition coefficient (Wildman–Crippen LogP) is 5.65. The smallest absolute Gasteiger partial charge is 0.273 e. The van der Waals surface area contributed by atoms with Crippen LogP contribution < -0.4 is 0 Å². The summed E-state index contributed by atoms with van der Waals surface area (Å²) in [6, 6.07) is 18.2. The van der Waals surface area contributed by atoms with Gasteiger partial charge in [-0.3, -0.25) is 9.59 Å². The molecule has 34 heavy (non-hydrogen) atoms. The van der Waals surface area contributed by atoms with E-state index in [1.165, 1.54) is 4.90 Å². The Kier molecular flexibility index (Phi) is 8.06. The van der Waals surface area contributed by atoms with Crippen molar-refractivity contribution in [2.75, 3.05) is 26.4 Å². The van der Waals surface area contributed by atoms with Crippen molar-refractivity contribution in [2.24, 2.45) is 0 Å². The zero-order chi connectivity index (χ0) is 24.1. The van der Waals surface area contributed by atoms with Crippen LogP contribution in [-0.4, -0.2) is 53.0 Å². The van der Waals surface area contributed by atoms with Crippen LogP contribution in [0.25, 0.3) is 0 Å². The minimum atomic E-state index is -0.0565. The average Bonchev–Trinajstić information content (AvgIpc) is 3.39. The van der Waals surface area contributed by atoms with Crippen LogP contribution in [0.1, 0.15) is 58.3 Å². The molecule has 0 radical (unpaired) electrons. The third kappa shape index (κ3) is 5.70. The van der Waals surface area contributed by atoms with Gasteiger partial charge in [0.15, 0.2) is 0 Å². The van der Waals surface area contributed by atoms with E-state index < -0.39 is 0 Å². The second-order valence-corrected chi connectivity index (χ2v) is 10.5. The maximum atomic E-state index is 13.0. The number of likely N-dealkylation sites (tertiary alicyclic amines) is 1. The summed E-state index contributed by atoms with van der Waals surface area (Å²) in [5.74, 6) is 0.425. The fourth-order valence-electron chi connectivity index (χ4n) is 4.29. The first-order valence-electron chi connectivity index (χ1n) is 11.6. The van der Waals surface area contributed by atoms with Crippen molar-refractivity contribution >= 4 is 34.9 Å². The summed E-state index contributed by atoms with van der Waals surface area (Å²) in [5, 5.41) is 2.88. The van der Waals surface area contributed by atoms with E-state index in [4.69, 9.17) is 4.98 Å². The number of thiazole rings is 1. The highest BCUT2D eigenvalue weighted by molar-refractivity contribution is 7.98. The van der Waals surface area contributed by atoms with Crippen molar-refractivity contribution in [3.63, 3.8) is 0 Å². The Bertz CT molecular complexity index is 1110. The van der Waals surface area contributed by atoms with E-state index in [0.29, 0.717) is 18.0 Å². The Morgan fingerprint density at radius 1 is 1.12 bits per heavy atom. The molecule has 3 aromatic rings. The molecule has 1 aliphatic rings. The molecule has 2 aromatic carbocycles. The maximum Gasteiger partial charge on any atom is 0.273 e. The number of amides is 2. The van der Waals surface area contributed by atoms with Gasteiger partial charge in [-0.05, 0) is 49.3 Å². The molecular weight excluding hydrogens is 462 g/mol. The van der Waals surface area contributed by atoms with E-state index in [1.807, 2.05) is 66.7 Å². The molecular formula is C27H31N3O2S2. The molecule has 178 valence electrons. The molecule has 1 saturated heterocycles. The van der Waals surface area contributed by atoms with Gasteiger partial charge in [0.2, 0.25) is 5.91 Å². The molecule has 0 saturated carbocycles. The monoisotopic (exact) mass is 493 g/mol. The van der Waals surface area contributed by atoms with Crippen LogP contribution in [0.3, 0.4) is 0 Å². The van der Waals surface area contributed by atoms with Gasteiger partial charge >= 0.3 is 0 Å². The van der Waals surface area contributed by atoms with Gasteiger partial charge in [0, 0.05) is 36.3 Å². The van der Waals surface area contributed by atoms with Crippen molar-refractivity contribution in [2.45, 2.75) is 43.0 Å². The van der Waals surface area contributed by atoms with Crippen LogP contribution in [0.4, 0.5) is 0 Å². The lowest BCUT2D eigenvalue weighted by Gasteiger charge is -2.31. The molecule has 1 atom stereocenters. The Morgan fingerprint density at radius 2 is 1.79 bits per heavy atom. The molecule has 4 rings (SSSR count). The zero-order valence-electron chi connectivity index (χ0n) is 19.9.